The standard InChI is InChI=1S/C11H5N5O3/c12-4-7(5-13)16-15-6-1-2-9-8(3-6)10(17)19-11(18)14-9/h1-3,15H,(H,14,18). The third-order valence-corrected chi connectivity index (χ3v) is 2.17. The fourth-order valence-electron chi connectivity index (χ4n) is 1.36. The van der Waals surface area contributed by atoms with Gasteiger partial charge in [-0.25, -0.2) is 9.59 Å². The fraction of sp³-hybridized carbons (Fsp3) is 0. The smallest absolute Gasteiger partial charge is 0.372 e. The van der Waals surface area contributed by atoms with Crippen LogP contribution in [0.15, 0.2) is 37.3 Å². The maximum Gasteiger partial charge on any atom is 0.419 e. The van der Waals surface area contributed by atoms with E-state index in [1.165, 1.54) is 18.2 Å². The minimum absolute atomic E-state index is 0.148. The average Bonchev–Trinajstić information content (AvgIpc) is 2.40. The second-order valence-corrected chi connectivity index (χ2v) is 3.36. The Hall–Kier alpha value is -3.39. The Labute approximate surface area is 105 Å². The molecular formula is C11H5N5O3. The van der Waals surface area contributed by atoms with Gasteiger partial charge >= 0.3 is 11.4 Å². The van der Waals surface area contributed by atoms with Crippen LogP contribution in [-0.4, -0.2) is 10.7 Å². The van der Waals surface area contributed by atoms with Gasteiger partial charge in [-0.1, -0.05) is 0 Å². The molecule has 1 aromatic carbocycles. The zero-order valence-corrected chi connectivity index (χ0v) is 9.30. The van der Waals surface area contributed by atoms with Crippen molar-refractivity contribution < 1.29 is 4.42 Å². The maximum absolute atomic E-state index is 11.4. The van der Waals surface area contributed by atoms with Gasteiger partial charge in [0.1, 0.15) is 12.1 Å². The van der Waals surface area contributed by atoms with Crippen LogP contribution in [0.1, 0.15) is 0 Å². The highest BCUT2D eigenvalue weighted by Crippen LogP contribution is 2.13. The molecule has 92 valence electrons. The van der Waals surface area contributed by atoms with Gasteiger partial charge in [0.2, 0.25) is 5.71 Å². The lowest BCUT2D eigenvalue weighted by molar-refractivity contribution is 0.460. The Morgan fingerprint density at radius 2 is 2.05 bits per heavy atom. The van der Waals surface area contributed by atoms with Gasteiger partial charge < -0.3 is 4.42 Å². The molecule has 1 aromatic heterocycles. The van der Waals surface area contributed by atoms with Gasteiger partial charge in [0.25, 0.3) is 0 Å². The summed E-state index contributed by atoms with van der Waals surface area (Å²) >= 11 is 0. The number of rotatable bonds is 2. The highest BCUT2D eigenvalue weighted by Gasteiger charge is 2.03. The molecule has 0 atom stereocenters. The first-order chi connectivity index (χ1) is 9.13. The van der Waals surface area contributed by atoms with E-state index in [1.54, 1.807) is 12.1 Å². The maximum atomic E-state index is 11.4. The highest BCUT2D eigenvalue weighted by atomic mass is 16.4. The Kier molecular flexibility index (Phi) is 3.09. The largest absolute Gasteiger partial charge is 0.419 e. The van der Waals surface area contributed by atoms with Crippen molar-refractivity contribution in [1.82, 2.24) is 4.98 Å². The van der Waals surface area contributed by atoms with Gasteiger partial charge in [-0.05, 0) is 18.2 Å². The van der Waals surface area contributed by atoms with Crippen molar-refractivity contribution in [3.63, 3.8) is 0 Å². The lowest BCUT2D eigenvalue weighted by atomic mass is 10.2. The summed E-state index contributed by atoms with van der Waals surface area (Å²) < 4.78 is 4.38. The number of fused-ring (bicyclic) bond motifs is 1. The van der Waals surface area contributed by atoms with Crippen molar-refractivity contribution in [2.75, 3.05) is 5.43 Å². The number of hydrogen-bond donors (Lipinski definition) is 2. The molecule has 0 fully saturated rings. The quantitative estimate of drug-likeness (QED) is 0.585. The molecular weight excluding hydrogens is 250 g/mol. The molecule has 0 amide bonds. The van der Waals surface area contributed by atoms with Crippen LogP contribution in [-0.2, 0) is 0 Å². The van der Waals surface area contributed by atoms with Crippen molar-refractivity contribution in [2.45, 2.75) is 0 Å². The number of benzene rings is 1. The number of anilines is 1. The summed E-state index contributed by atoms with van der Waals surface area (Å²) in [6.07, 6.45) is 0. The summed E-state index contributed by atoms with van der Waals surface area (Å²) in [4.78, 5) is 24.8. The number of hydrazone groups is 1. The zero-order valence-electron chi connectivity index (χ0n) is 9.30. The molecule has 2 N–H and O–H groups in total. The van der Waals surface area contributed by atoms with Crippen molar-refractivity contribution in [1.29, 1.82) is 10.5 Å². The SMILES string of the molecule is N#CC(C#N)=NNc1ccc2[nH]c(=O)oc(=O)c2c1. The van der Waals surface area contributed by atoms with Crippen LogP contribution in [0.25, 0.3) is 10.9 Å². The average molecular weight is 255 g/mol. The van der Waals surface area contributed by atoms with Crippen molar-refractivity contribution in [2.24, 2.45) is 5.10 Å². The lowest BCUT2D eigenvalue weighted by Crippen LogP contribution is -2.14. The van der Waals surface area contributed by atoms with E-state index in [0.717, 1.165) is 0 Å². The first kappa shape index (κ1) is 12.1. The molecule has 0 spiro atoms. The number of nitrogens with zero attached hydrogens (tertiary/aromatic N) is 3. The van der Waals surface area contributed by atoms with Gasteiger partial charge in [-0.3, -0.25) is 10.4 Å². The van der Waals surface area contributed by atoms with Crippen LogP contribution < -0.4 is 16.8 Å². The molecule has 19 heavy (non-hydrogen) atoms. The third kappa shape index (κ3) is 2.48. The molecule has 0 aliphatic rings. The number of hydrogen-bond acceptors (Lipinski definition) is 7. The van der Waals surface area contributed by atoms with Crippen molar-refractivity contribution >= 4 is 22.3 Å². The molecule has 0 aliphatic heterocycles. The van der Waals surface area contributed by atoms with E-state index in [2.05, 4.69) is 19.9 Å². The van der Waals surface area contributed by atoms with Gasteiger partial charge in [-0.2, -0.15) is 15.6 Å². The van der Waals surface area contributed by atoms with E-state index in [-0.39, 0.29) is 11.1 Å². The molecule has 8 heteroatoms. The molecule has 1 heterocycles. The summed E-state index contributed by atoms with van der Waals surface area (Å²) in [5, 5.41) is 20.7. The van der Waals surface area contributed by atoms with E-state index >= 15 is 0 Å². The van der Waals surface area contributed by atoms with Crippen molar-refractivity contribution in [3.05, 3.63) is 39.2 Å². The molecule has 0 radical (unpaired) electrons. The van der Waals surface area contributed by atoms with E-state index in [9.17, 15) is 9.59 Å². The van der Waals surface area contributed by atoms with E-state index in [1.807, 2.05) is 0 Å². The normalized spacial score (nSPS) is 9.37. The van der Waals surface area contributed by atoms with Crippen LogP contribution >= 0.6 is 0 Å². The van der Waals surface area contributed by atoms with Crippen LogP contribution in [0.4, 0.5) is 5.69 Å². The molecule has 2 aromatic rings. The summed E-state index contributed by atoms with van der Waals surface area (Å²) in [6, 6.07) is 7.53. The van der Waals surface area contributed by atoms with Gasteiger partial charge in [0.15, 0.2) is 0 Å². The molecule has 0 unspecified atom stereocenters. The Bertz CT molecular complexity index is 847. The van der Waals surface area contributed by atoms with Gasteiger partial charge in [-0.15, -0.1) is 0 Å². The minimum atomic E-state index is -0.840. The number of H-pyrrole nitrogens is 1. The third-order valence-electron chi connectivity index (χ3n) is 2.17. The van der Waals surface area contributed by atoms with Crippen LogP contribution in [0.3, 0.4) is 0 Å². The summed E-state index contributed by atoms with van der Waals surface area (Å²) in [5.74, 6) is -0.840. The Morgan fingerprint density at radius 1 is 1.32 bits per heavy atom. The van der Waals surface area contributed by atoms with Crippen LogP contribution in [0.2, 0.25) is 0 Å². The van der Waals surface area contributed by atoms with Crippen LogP contribution in [0.5, 0.6) is 0 Å². The predicted octanol–water partition coefficient (Wildman–Crippen LogP) is 0.296. The van der Waals surface area contributed by atoms with Gasteiger partial charge in [0.05, 0.1) is 16.6 Å². The number of aromatic amines is 1. The Balaban J connectivity index is 2.47. The molecule has 0 aliphatic carbocycles. The zero-order chi connectivity index (χ0) is 13.8. The molecule has 0 saturated carbocycles. The first-order valence-electron chi connectivity index (χ1n) is 4.95. The van der Waals surface area contributed by atoms with E-state index < -0.39 is 11.4 Å². The fourth-order valence-corrected chi connectivity index (χ4v) is 1.36. The monoisotopic (exact) mass is 255 g/mol. The molecule has 0 bridgehead atoms. The Morgan fingerprint density at radius 3 is 2.74 bits per heavy atom. The molecule has 0 saturated heterocycles. The second kappa shape index (κ2) is 4.85. The lowest BCUT2D eigenvalue weighted by Gasteiger charge is -2.01. The van der Waals surface area contributed by atoms with Crippen molar-refractivity contribution in [3.8, 4) is 12.1 Å². The number of nitrogens with one attached hydrogen (secondary N) is 2. The number of aromatic nitrogens is 1. The summed E-state index contributed by atoms with van der Waals surface area (Å²) in [5.41, 5.74) is 2.00. The van der Waals surface area contributed by atoms with E-state index in [4.69, 9.17) is 10.5 Å². The minimum Gasteiger partial charge on any atom is -0.372 e. The predicted molar refractivity (Wildman–Crippen MR) is 65.4 cm³/mol. The number of nitriles is 2. The topological polar surface area (TPSA) is 135 Å². The van der Waals surface area contributed by atoms with Gasteiger partial charge in [0, 0.05) is 0 Å². The summed E-state index contributed by atoms with van der Waals surface area (Å²) in [6.45, 7) is 0. The van der Waals surface area contributed by atoms with Crippen LogP contribution in [0, 0.1) is 22.7 Å². The molecule has 2 rings (SSSR count). The van der Waals surface area contributed by atoms with E-state index in [0.29, 0.717) is 11.2 Å². The summed E-state index contributed by atoms with van der Waals surface area (Å²) in [7, 11) is 0. The second-order valence-electron chi connectivity index (χ2n) is 3.36. The first-order valence-corrected chi connectivity index (χ1v) is 4.95. The highest BCUT2D eigenvalue weighted by molar-refractivity contribution is 6.10. The molecule has 8 nitrogen and oxygen atoms in total.